The Kier molecular flexibility index (Phi) is 6.53. The average molecular weight is 455 g/mol. The van der Waals surface area contributed by atoms with Crippen LogP contribution in [0.4, 0.5) is 14.7 Å². The van der Waals surface area contributed by atoms with Crippen molar-refractivity contribution in [3.05, 3.63) is 36.2 Å². The van der Waals surface area contributed by atoms with Crippen LogP contribution in [0.1, 0.15) is 5.56 Å². The number of aromatic amines is 1. The number of rotatable bonds is 9. The van der Waals surface area contributed by atoms with Crippen LogP contribution in [0.5, 0.6) is 17.5 Å². The van der Waals surface area contributed by atoms with E-state index < -0.39 is 29.0 Å². The van der Waals surface area contributed by atoms with Crippen LogP contribution >= 0.6 is 0 Å². The van der Waals surface area contributed by atoms with Crippen molar-refractivity contribution in [3.8, 4) is 28.9 Å². The number of ether oxygens (including phenoxy) is 3. The number of anilines is 1. The van der Waals surface area contributed by atoms with E-state index in [4.69, 9.17) is 14.2 Å². The van der Waals surface area contributed by atoms with Gasteiger partial charge in [0, 0.05) is 12.4 Å². The third-order valence-electron chi connectivity index (χ3n) is 4.00. The van der Waals surface area contributed by atoms with Crippen LogP contribution in [0.3, 0.4) is 0 Å². The van der Waals surface area contributed by atoms with Gasteiger partial charge in [-0.3, -0.25) is 4.98 Å². The standard InChI is InChI=1S/C18H19F2N5O5S/c1-10-5-4-6-21-14(10)12-7-11(8-22-12)31(26,27)25-18-23-16(28-2)15(17(24-18)29-3)30-9-13(19)20/h4-8,13,22H,9H2,1-3H3,(H,23,24,25). The second-order valence-electron chi connectivity index (χ2n) is 6.12. The summed E-state index contributed by atoms with van der Waals surface area (Å²) >= 11 is 0. The van der Waals surface area contributed by atoms with Crippen LogP contribution in [0.15, 0.2) is 35.5 Å². The van der Waals surface area contributed by atoms with Gasteiger partial charge >= 0.3 is 0 Å². The van der Waals surface area contributed by atoms with Crippen molar-refractivity contribution < 1.29 is 31.4 Å². The molecule has 0 unspecified atom stereocenters. The van der Waals surface area contributed by atoms with Gasteiger partial charge in [-0.05, 0) is 24.6 Å². The van der Waals surface area contributed by atoms with E-state index in [0.29, 0.717) is 11.4 Å². The van der Waals surface area contributed by atoms with Gasteiger partial charge in [-0.15, -0.1) is 0 Å². The molecule has 0 amide bonds. The minimum atomic E-state index is -4.11. The molecule has 3 heterocycles. The summed E-state index contributed by atoms with van der Waals surface area (Å²) in [6.45, 7) is 0.903. The predicted octanol–water partition coefficient (Wildman–Crippen LogP) is 2.64. The number of pyridine rings is 1. The molecule has 2 N–H and O–H groups in total. The Hall–Kier alpha value is -3.48. The summed E-state index contributed by atoms with van der Waals surface area (Å²) in [5.41, 5.74) is 1.97. The Morgan fingerprint density at radius 2 is 1.87 bits per heavy atom. The van der Waals surface area contributed by atoms with Gasteiger partial charge in [0.05, 0.1) is 25.6 Å². The number of hydrogen-bond donors (Lipinski definition) is 2. The molecule has 0 saturated carbocycles. The van der Waals surface area contributed by atoms with Crippen molar-refractivity contribution >= 4 is 16.0 Å². The Morgan fingerprint density at radius 1 is 1.19 bits per heavy atom. The van der Waals surface area contributed by atoms with E-state index >= 15 is 0 Å². The number of nitrogens with one attached hydrogen (secondary N) is 2. The summed E-state index contributed by atoms with van der Waals surface area (Å²) in [4.78, 5) is 14.8. The van der Waals surface area contributed by atoms with Gasteiger partial charge in [-0.1, -0.05) is 6.07 Å². The fourth-order valence-electron chi connectivity index (χ4n) is 2.62. The molecule has 10 nitrogen and oxygen atoms in total. The highest BCUT2D eigenvalue weighted by molar-refractivity contribution is 7.92. The zero-order chi connectivity index (χ0) is 22.6. The van der Waals surface area contributed by atoms with Gasteiger partial charge < -0.3 is 19.2 Å². The number of nitrogens with zero attached hydrogens (tertiary/aromatic N) is 3. The van der Waals surface area contributed by atoms with Crippen molar-refractivity contribution in [2.45, 2.75) is 18.2 Å². The number of hydrogen-bond acceptors (Lipinski definition) is 8. The number of alkyl halides is 2. The largest absolute Gasteiger partial charge is 0.478 e. The van der Waals surface area contributed by atoms with Gasteiger partial charge in [-0.2, -0.15) is 9.97 Å². The molecule has 0 aliphatic heterocycles. The second-order valence-corrected chi connectivity index (χ2v) is 7.80. The minimum absolute atomic E-state index is 0.0906. The Labute approximate surface area is 176 Å². The van der Waals surface area contributed by atoms with Gasteiger partial charge in [-0.25, -0.2) is 21.9 Å². The van der Waals surface area contributed by atoms with E-state index in [0.717, 1.165) is 5.56 Å². The number of aryl methyl sites for hydroxylation is 1. The van der Waals surface area contributed by atoms with Crippen molar-refractivity contribution in [1.29, 1.82) is 0 Å². The number of H-pyrrole nitrogens is 1. The van der Waals surface area contributed by atoms with Gasteiger partial charge in [0.15, 0.2) is 0 Å². The molecule has 166 valence electrons. The fraction of sp³-hybridized carbons (Fsp3) is 0.278. The first kappa shape index (κ1) is 22.2. The van der Waals surface area contributed by atoms with E-state index in [1.807, 2.05) is 13.0 Å². The maximum Gasteiger partial charge on any atom is 0.272 e. The maximum absolute atomic E-state index is 12.8. The van der Waals surface area contributed by atoms with Gasteiger partial charge in [0.2, 0.25) is 11.7 Å². The summed E-state index contributed by atoms with van der Waals surface area (Å²) in [6.07, 6.45) is 0.137. The maximum atomic E-state index is 12.8. The first-order valence-corrected chi connectivity index (χ1v) is 10.3. The normalized spacial score (nSPS) is 11.4. The molecule has 3 aromatic rings. The van der Waals surface area contributed by atoms with E-state index in [9.17, 15) is 17.2 Å². The van der Waals surface area contributed by atoms with Crippen molar-refractivity contribution in [1.82, 2.24) is 19.9 Å². The van der Waals surface area contributed by atoms with E-state index in [1.165, 1.54) is 26.5 Å². The smallest absolute Gasteiger partial charge is 0.272 e. The molecule has 3 aromatic heterocycles. The highest BCUT2D eigenvalue weighted by Gasteiger charge is 2.24. The lowest BCUT2D eigenvalue weighted by Gasteiger charge is -2.14. The molecule has 0 aromatic carbocycles. The summed E-state index contributed by atoms with van der Waals surface area (Å²) in [6, 6.07) is 5.03. The average Bonchev–Trinajstić information content (AvgIpc) is 3.23. The molecule has 0 saturated heterocycles. The van der Waals surface area contributed by atoms with E-state index in [-0.39, 0.29) is 22.4 Å². The third-order valence-corrected chi connectivity index (χ3v) is 5.31. The molecule has 3 rings (SSSR count). The SMILES string of the molecule is COc1nc(NS(=O)(=O)c2c[nH]c(-c3ncccc3C)c2)nc(OC)c1OCC(F)F. The predicted molar refractivity (Wildman–Crippen MR) is 106 cm³/mol. The summed E-state index contributed by atoms with van der Waals surface area (Å²) in [5, 5.41) is 0. The second kappa shape index (κ2) is 9.12. The molecule has 31 heavy (non-hydrogen) atoms. The highest BCUT2D eigenvalue weighted by atomic mass is 32.2. The highest BCUT2D eigenvalue weighted by Crippen LogP contribution is 2.35. The van der Waals surface area contributed by atoms with Gasteiger partial charge in [0.25, 0.3) is 28.2 Å². The lowest BCUT2D eigenvalue weighted by Crippen LogP contribution is -2.16. The topological polar surface area (TPSA) is 128 Å². The number of sulfonamides is 1. The molecule has 0 spiro atoms. The monoisotopic (exact) mass is 455 g/mol. The van der Waals surface area contributed by atoms with Crippen molar-refractivity contribution in [2.24, 2.45) is 0 Å². The number of halogens is 2. The Morgan fingerprint density at radius 3 is 2.45 bits per heavy atom. The first-order valence-electron chi connectivity index (χ1n) is 8.79. The van der Waals surface area contributed by atoms with Crippen molar-refractivity contribution in [3.63, 3.8) is 0 Å². The van der Waals surface area contributed by atoms with Crippen LogP contribution in [-0.2, 0) is 10.0 Å². The van der Waals surface area contributed by atoms with Gasteiger partial charge in [0.1, 0.15) is 11.5 Å². The molecule has 0 atom stereocenters. The first-order chi connectivity index (χ1) is 14.7. The van der Waals surface area contributed by atoms with Crippen molar-refractivity contribution in [2.75, 3.05) is 25.5 Å². The molecule has 0 aliphatic rings. The third kappa shape index (κ3) is 4.99. The quantitative estimate of drug-likeness (QED) is 0.504. The molecular formula is C18H19F2N5O5S. The number of aromatic nitrogens is 4. The number of methoxy groups -OCH3 is 2. The molecule has 13 heteroatoms. The lowest BCUT2D eigenvalue weighted by molar-refractivity contribution is 0.0781. The fourth-order valence-corrected chi connectivity index (χ4v) is 3.55. The Balaban J connectivity index is 1.90. The zero-order valence-corrected chi connectivity index (χ0v) is 17.5. The van der Waals surface area contributed by atoms with Crippen LogP contribution < -0.4 is 18.9 Å². The van der Waals surface area contributed by atoms with Crippen LogP contribution in [0, 0.1) is 6.92 Å². The molecular weight excluding hydrogens is 436 g/mol. The summed E-state index contributed by atoms with van der Waals surface area (Å²) < 4.78 is 67.7. The summed E-state index contributed by atoms with van der Waals surface area (Å²) in [5.74, 6) is -1.22. The summed E-state index contributed by atoms with van der Waals surface area (Å²) in [7, 11) is -1.69. The zero-order valence-electron chi connectivity index (χ0n) is 16.7. The molecule has 0 aliphatic carbocycles. The van der Waals surface area contributed by atoms with Crippen LogP contribution in [0.25, 0.3) is 11.4 Å². The lowest BCUT2D eigenvalue weighted by atomic mass is 10.2. The van der Waals surface area contributed by atoms with E-state index in [1.54, 1.807) is 12.3 Å². The van der Waals surface area contributed by atoms with Crippen LogP contribution in [-0.4, -0.2) is 55.6 Å². The van der Waals surface area contributed by atoms with Crippen LogP contribution in [0.2, 0.25) is 0 Å². The Bertz CT molecular complexity index is 1140. The molecule has 0 bridgehead atoms. The minimum Gasteiger partial charge on any atom is -0.478 e. The molecule has 0 radical (unpaired) electrons. The molecule has 0 fully saturated rings. The van der Waals surface area contributed by atoms with E-state index in [2.05, 4.69) is 24.7 Å².